The summed E-state index contributed by atoms with van der Waals surface area (Å²) in [6.45, 7) is 0. The Bertz CT molecular complexity index is 603. The van der Waals surface area contributed by atoms with Gasteiger partial charge in [0.15, 0.2) is 0 Å². The highest BCUT2D eigenvalue weighted by Gasteiger charge is 2.16. The van der Waals surface area contributed by atoms with E-state index in [-0.39, 0.29) is 0 Å². The summed E-state index contributed by atoms with van der Waals surface area (Å²) < 4.78 is 9.09. The zero-order valence-corrected chi connectivity index (χ0v) is 9.83. The Labute approximate surface area is 100 Å². The van der Waals surface area contributed by atoms with Gasteiger partial charge >= 0.3 is 0 Å². The molecule has 0 fully saturated rings. The molecule has 0 aliphatic rings. The fraction of sp³-hybridized carbons (Fsp3) is 0.0909. The third-order valence-corrected chi connectivity index (χ3v) is 3.93. The monoisotopic (exact) mass is 248 g/mol. The van der Waals surface area contributed by atoms with Crippen molar-refractivity contribution in [1.29, 1.82) is 0 Å². The molecule has 3 rings (SSSR count). The molecular formula is C11H8N2OS2. The molecule has 0 radical (unpaired) electrons. The van der Waals surface area contributed by atoms with Crippen LogP contribution in [0.5, 0.6) is 0 Å². The average Bonchev–Trinajstić information content (AvgIpc) is 2.98. The minimum absolute atomic E-state index is 0.617. The van der Waals surface area contributed by atoms with Crippen LogP contribution in [0.2, 0.25) is 0 Å². The molecule has 1 atom stereocenters. The summed E-state index contributed by atoms with van der Waals surface area (Å²) in [7, 11) is 0. The molecule has 5 heteroatoms. The third-order valence-electron chi connectivity index (χ3n) is 2.46. The quantitative estimate of drug-likeness (QED) is 0.758. The van der Waals surface area contributed by atoms with Crippen LogP contribution in [0.1, 0.15) is 17.4 Å². The highest BCUT2D eigenvalue weighted by atomic mass is 32.1. The second-order valence-corrected chi connectivity index (χ2v) is 4.89. The Kier molecular flexibility index (Phi) is 2.43. The highest BCUT2D eigenvalue weighted by molar-refractivity contribution is 7.17. The van der Waals surface area contributed by atoms with Crippen molar-refractivity contribution in [3.8, 4) is 0 Å². The van der Waals surface area contributed by atoms with Crippen LogP contribution in [0, 0.1) is 0 Å². The molecule has 0 spiro atoms. The molecule has 0 aliphatic carbocycles. The van der Waals surface area contributed by atoms with E-state index in [0.29, 0.717) is 5.69 Å². The van der Waals surface area contributed by atoms with Crippen molar-refractivity contribution >= 4 is 33.2 Å². The van der Waals surface area contributed by atoms with Crippen molar-refractivity contribution in [2.24, 2.45) is 0 Å². The van der Waals surface area contributed by atoms with Gasteiger partial charge in [-0.25, -0.2) is 0 Å². The van der Waals surface area contributed by atoms with E-state index in [0.717, 1.165) is 27.4 Å². The Balaban J connectivity index is 2.15. The van der Waals surface area contributed by atoms with Gasteiger partial charge in [0.2, 0.25) is 0 Å². The lowest BCUT2D eigenvalue weighted by atomic mass is 10.1. The summed E-state index contributed by atoms with van der Waals surface area (Å²) in [5.74, 6) is 0. The Morgan fingerprint density at radius 2 is 2.19 bits per heavy atom. The van der Waals surface area contributed by atoms with E-state index in [1.807, 2.05) is 23.6 Å². The van der Waals surface area contributed by atoms with Gasteiger partial charge < -0.3 is 5.11 Å². The van der Waals surface area contributed by atoms with E-state index >= 15 is 0 Å². The molecule has 16 heavy (non-hydrogen) atoms. The number of aliphatic hydroxyl groups excluding tert-OH is 1. The normalized spacial score (nSPS) is 13.1. The first kappa shape index (κ1) is 9.89. The van der Waals surface area contributed by atoms with Crippen LogP contribution in [0.3, 0.4) is 0 Å². The standard InChI is InChI=1S/C11H8N2OS2/c14-10(9-6-12-16-13-9)8-3-1-2-7-4-5-15-11(7)8/h1-6,10,14H. The summed E-state index contributed by atoms with van der Waals surface area (Å²) in [6.07, 6.45) is 0.933. The fourth-order valence-electron chi connectivity index (χ4n) is 1.68. The summed E-state index contributed by atoms with van der Waals surface area (Å²) in [4.78, 5) is 0. The maximum atomic E-state index is 10.2. The van der Waals surface area contributed by atoms with Crippen LogP contribution in [-0.2, 0) is 0 Å². The summed E-state index contributed by atoms with van der Waals surface area (Å²) in [5.41, 5.74) is 1.52. The molecule has 1 aromatic carbocycles. The molecule has 3 aromatic rings. The summed E-state index contributed by atoms with van der Waals surface area (Å²) in [5, 5.41) is 13.4. The Morgan fingerprint density at radius 3 is 3.00 bits per heavy atom. The number of rotatable bonds is 2. The largest absolute Gasteiger partial charge is 0.382 e. The molecule has 2 heterocycles. The minimum Gasteiger partial charge on any atom is -0.382 e. The van der Waals surface area contributed by atoms with Gasteiger partial charge in [0, 0.05) is 10.3 Å². The van der Waals surface area contributed by atoms with Gasteiger partial charge in [0.1, 0.15) is 11.8 Å². The van der Waals surface area contributed by atoms with E-state index < -0.39 is 6.10 Å². The lowest BCUT2D eigenvalue weighted by Gasteiger charge is -2.08. The number of thiophene rings is 1. The van der Waals surface area contributed by atoms with Crippen molar-refractivity contribution < 1.29 is 5.11 Å². The second kappa shape index (κ2) is 3.93. The van der Waals surface area contributed by atoms with E-state index in [1.165, 1.54) is 0 Å². The summed E-state index contributed by atoms with van der Waals surface area (Å²) >= 11 is 2.75. The third kappa shape index (κ3) is 1.53. The molecular weight excluding hydrogens is 240 g/mol. The Morgan fingerprint density at radius 1 is 1.25 bits per heavy atom. The highest BCUT2D eigenvalue weighted by Crippen LogP contribution is 2.31. The van der Waals surface area contributed by atoms with Gasteiger partial charge in [-0.1, -0.05) is 18.2 Å². The van der Waals surface area contributed by atoms with Gasteiger partial charge in [-0.2, -0.15) is 8.75 Å². The maximum Gasteiger partial charge on any atom is 0.125 e. The van der Waals surface area contributed by atoms with E-state index in [4.69, 9.17) is 0 Å². The van der Waals surface area contributed by atoms with E-state index in [1.54, 1.807) is 17.5 Å². The molecule has 3 nitrogen and oxygen atoms in total. The first-order valence-corrected chi connectivity index (χ1v) is 6.39. The van der Waals surface area contributed by atoms with Gasteiger partial charge in [-0.15, -0.1) is 11.3 Å². The SMILES string of the molecule is OC(c1cnsn1)c1cccc2ccsc12. The molecule has 0 amide bonds. The minimum atomic E-state index is -0.680. The summed E-state index contributed by atoms with van der Waals surface area (Å²) in [6, 6.07) is 7.98. The number of hydrogen-bond donors (Lipinski definition) is 1. The number of hydrogen-bond acceptors (Lipinski definition) is 5. The number of aromatic nitrogens is 2. The van der Waals surface area contributed by atoms with E-state index in [9.17, 15) is 5.11 Å². The van der Waals surface area contributed by atoms with Crippen LogP contribution in [0.15, 0.2) is 35.8 Å². The number of aliphatic hydroxyl groups is 1. The van der Waals surface area contributed by atoms with Crippen molar-refractivity contribution in [1.82, 2.24) is 8.75 Å². The van der Waals surface area contributed by atoms with Crippen LogP contribution in [0.4, 0.5) is 0 Å². The van der Waals surface area contributed by atoms with Crippen LogP contribution in [-0.4, -0.2) is 13.9 Å². The first-order valence-electron chi connectivity index (χ1n) is 4.78. The first-order chi connectivity index (χ1) is 7.86. The fourth-order valence-corrected chi connectivity index (χ4v) is 3.07. The molecule has 80 valence electrons. The second-order valence-electron chi connectivity index (χ2n) is 3.42. The van der Waals surface area contributed by atoms with Crippen molar-refractivity contribution in [3.63, 3.8) is 0 Å². The molecule has 1 unspecified atom stereocenters. The molecule has 0 aliphatic heterocycles. The predicted molar refractivity (Wildman–Crippen MR) is 65.8 cm³/mol. The van der Waals surface area contributed by atoms with Crippen LogP contribution >= 0.6 is 23.1 Å². The zero-order valence-electron chi connectivity index (χ0n) is 8.20. The lowest BCUT2D eigenvalue weighted by Crippen LogP contribution is -1.99. The van der Waals surface area contributed by atoms with Gasteiger partial charge in [0.25, 0.3) is 0 Å². The Hall–Kier alpha value is -1.30. The van der Waals surface area contributed by atoms with Crippen molar-refractivity contribution in [2.75, 3.05) is 0 Å². The smallest absolute Gasteiger partial charge is 0.125 e. The van der Waals surface area contributed by atoms with Gasteiger partial charge in [-0.05, 0) is 16.8 Å². The van der Waals surface area contributed by atoms with Gasteiger partial charge in [0.05, 0.1) is 17.9 Å². The van der Waals surface area contributed by atoms with Crippen LogP contribution < -0.4 is 0 Å². The van der Waals surface area contributed by atoms with Gasteiger partial charge in [-0.3, -0.25) is 0 Å². The number of nitrogens with zero attached hydrogens (tertiary/aromatic N) is 2. The lowest BCUT2D eigenvalue weighted by molar-refractivity contribution is 0.218. The molecule has 0 bridgehead atoms. The van der Waals surface area contributed by atoms with E-state index in [2.05, 4.69) is 14.8 Å². The molecule has 0 saturated carbocycles. The zero-order chi connectivity index (χ0) is 11.0. The topological polar surface area (TPSA) is 46.0 Å². The average molecular weight is 248 g/mol. The number of fused-ring (bicyclic) bond motifs is 1. The predicted octanol–water partition coefficient (Wildman–Crippen LogP) is 2.83. The van der Waals surface area contributed by atoms with Crippen molar-refractivity contribution in [3.05, 3.63) is 47.1 Å². The molecule has 0 saturated heterocycles. The molecule has 2 aromatic heterocycles. The van der Waals surface area contributed by atoms with Crippen LogP contribution in [0.25, 0.3) is 10.1 Å². The number of benzene rings is 1. The van der Waals surface area contributed by atoms with Crippen molar-refractivity contribution in [2.45, 2.75) is 6.10 Å². The molecule has 1 N–H and O–H groups in total. The maximum absolute atomic E-state index is 10.2.